The predicted molar refractivity (Wildman–Crippen MR) is 67.4 cm³/mol. The SMILES string of the molecule is O=C(N/N=C/c1cc(F)ccc1O)c1ccccn1. The molecule has 0 spiro atoms. The van der Waals surface area contributed by atoms with Crippen LogP contribution in [0, 0.1) is 5.82 Å². The third kappa shape index (κ3) is 3.35. The first kappa shape index (κ1) is 12.7. The molecule has 1 aromatic carbocycles. The van der Waals surface area contributed by atoms with E-state index >= 15 is 0 Å². The molecule has 1 aromatic heterocycles. The van der Waals surface area contributed by atoms with Crippen molar-refractivity contribution in [1.29, 1.82) is 0 Å². The Bertz CT molecular complexity index is 615. The summed E-state index contributed by atoms with van der Waals surface area (Å²) < 4.78 is 12.9. The number of aromatic nitrogens is 1. The van der Waals surface area contributed by atoms with Gasteiger partial charge >= 0.3 is 0 Å². The number of hydrogen-bond acceptors (Lipinski definition) is 4. The molecule has 0 fully saturated rings. The summed E-state index contributed by atoms with van der Waals surface area (Å²) in [4.78, 5) is 15.4. The lowest BCUT2D eigenvalue weighted by atomic mass is 10.2. The van der Waals surface area contributed by atoms with Gasteiger partial charge in [-0.15, -0.1) is 0 Å². The van der Waals surface area contributed by atoms with Crippen LogP contribution in [0.2, 0.25) is 0 Å². The third-order valence-electron chi connectivity index (χ3n) is 2.26. The Balaban J connectivity index is 2.04. The summed E-state index contributed by atoms with van der Waals surface area (Å²) >= 11 is 0. The molecule has 0 saturated heterocycles. The van der Waals surface area contributed by atoms with Gasteiger partial charge in [-0.3, -0.25) is 9.78 Å². The maximum Gasteiger partial charge on any atom is 0.289 e. The summed E-state index contributed by atoms with van der Waals surface area (Å²) in [5.41, 5.74) is 2.61. The van der Waals surface area contributed by atoms with E-state index in [1.807, 2.05) is 0 Å². The van der Waals surface area contributed by atoms with Crippen molar-refractivity contribution in [2.75, 3.05) is 0 Å². The van der Waals surface area contributed by atoms with E-state index in [4.69, 9.17) is 0 Å². The molecule has 1 amide bonds. The maximum atomic E-state index is 12.9. The number of amides is 1. The van der Waals surface area contributed by atoms with Crippen LogP contribution in [-0.2, 0) is 0 Å². The Morgan fingerprint density at radius 1 is 1.37 bits per heavy atom. The normalized spacial score (nSPS) is 10.6. The van der Waals surface area contributed by atoms with Gasteiger partial charge in [-0.2, -0.15) is 5.10 Å². The van der Waals surface area contributed by atoms with Gasteiger partial charge in [0.15, 0.2) is 0 Å². The molecule has 96 valence electrons. The Labute approximate surface area is 108 Å². The number of phenols is 1. The number of carbonyl (C=O) groups excluding carboxylic acids is 1. The van der Waals surface area contributed by atoms with Crippen molar-refractivity contribution >= 4 is 12.1 Å². The number of phenolic OH excluding ortho intramolecular Hbond substituents is 1. The molecule has 0 aliphatic carbocycles. The van der Waals surface area contributed by atoms with Crippen molar-refractivity contribution in [3.8, 4) is 5.75 Å². The van der Waals surface area contributed by atoms with Gasteiger partial charge in [0.1, 0.15) is 17.3 Å². The van der Waals surface area contributed by atoms with Crippen LogP contribution in [-0.4, -0.2) is 22.2 Å². The van der Waals surface area contributed by atoms with Crippen molar-refractivity contribution in [3.63, 3.8) is 0 Å². The van der Waals surface area contributed by atoms with Crippen LogP contribution in [0.25, 0.3) is 0 Å². The number of hydrazone groups is 1. The second kappa shape index (κ2) is 5.72. The molecule has 0 aliphatic heterocycles. The Hall–Kier alpha value is -2.76. The molecule has 0 bridgehead atoms. The summed E-state index contributed by atoms with van der Waals surface area (Å²) in [5.74, 6) is -1.12. The molecule has 2 aromatic rings. The Morgan fingerprint density at radius 3 is 2.95 bits per heavy atom. The van der Waals surface area contributed by atoms with E-state index in [0.29, 0.717) is 0 Å². The van der Waals surface area contributed by atoms with Crippen LogP contribution in [0.3, 0.4) is 0 Å². The summed E-state index contributed by atoms with van der Waals surface area (Å²) in [6.45, 7) is 0. The number of halogens is 1. The summed E-state index contributed by atoms with van der Waals surface area (Å²) in [5, 5.41) is 13.1. The highest BCUT2D eigenvalue weighted by molar-refractivity contribution is 5.93. The first-order valence-corrected chi connectivity index (χ1v) is 5.40. The zero-order valence-electron chi connectivity index (χ0n) is 9.75. The fraction of sp³-hybridized carbons (Fsp3) is 0. The highest BCUT2D eigenvalue weighted by atomic mass is 19.1. The van der Waals surface area contributed by atoms with Gasteiger partial charge in [-0.25, -0.2) is 9.82 Å². The monoisotopic (exact) mass is 259 g/mol. The van der Waals surface area contributed by atoms with Crippen molar-refractivity contribution in [1.82, 2.24) is 10.4 Å². The van der Waals surface area contributed by atoms with Crippen LogP contribution in [0.5, 0.6) is 5.75 Å². The molecule has 0 aliphatic rings. The molecule has 19 heavy (non-hydrogen) atoms. The minimum absolute atomic E-state index is 0.128. The van der Waals surface area contributed by atoms with E-state index in [9.17, 15) is 14.3 Å². The largest absolute Gasteiger partial charge is 0.507 e. The fourth-order valence-corrected chi connectivity index (χ4v) is 1.34. The second-order valence-electron chi connectivity index (χ2n) is 3.62. The van der Waals surface area contributed by atoms with Gasteiger partial charge < -0.3 is 5.11 Å². The van der Waals surface area contributed by atoms with Gasteiger partial charge in [-0.1, -0.05) is 6.07 Å². The lowest BCUT2D eigenvalue weighted by Gasteiger charge is -1.99. The number of hydrogen-bond donors (Lipinski definition) is 2. The summed E-state index contributed by atoms with van der Waals surface area (Å²) in [6, 6.07) is 8.32. The standard InChI is InChI=1S/C13H10FN3O2/c14-10-4-5-12(18)9(7-10)8-16-17-13(19)11-3-1-2-6-15-11/h1-8,18H,(H,17,19)/b16-8+. The van der Waals surface area contributed by atoms with E-state index in [1.165, 1.54) is 18.3 Å². The van der Waals surface area contributed by atoms with Crippen LogP contribution < -0.4 is 5.43 Å². The first-order valence-electron chi connectivity index (χ1n) is 5.40. The zero-order chi connectivity index (χ0) is 13.7. The smallest absolute Gasteiger partial charge is 0.289 e. The number of pyridine rings is 1. The predicted octanol–water partition coefficient (Wildman–Crippen LogP) is 1.69. The van der Waals surface area contributed by atoms with Crippen molar-refractivity contribution in [2.45, 2.75) is 0 Å². The third-order valence-corrected chi connectivity index (χ3v) is 2.26. The topological polar surface area (TPSA) is 74.6 Å². The number of rotatable bonds is 3. The van der Waals surface area contributed by atoms with Gasteiger partial charge in [0.25, 0.3) is 5.91 Å². The summed E-state index contributed by atoms with van der Waals surface area (Å²) in [7, 11) is 0. The number of aromatic hydroxyl groups is 1. The first-order chi connectivity index (χ1) is 9.16. The van der Waals surface area contributed by atoms with Crippen LogP contribution in [0.15, 0.2) is 47.7 Å². The van der Waals surface area contributed by atoms with E-state index in [1.54, 1.807) is 12.1 Å². The van der Waals surface area contributed by atoms with Crippen molar-refractivity contribution in [3.05, 3.63) is 59.7 Å². The average Bonchev–Trinajstić information content (AvgIpc) is 2.43. The Morgan fingerprint density at radius 2 is 2.21 bits per heavy atom. The molecule has 0 saturated carbocycles. The molecule has 6 heteroatoms. The molecule has 0 radical (unpaired) electrons. The van der Waals surface area contributed by atoms with E-state index in [2.05, 4.69) is 15.5 Å². The molecule has 5 nitrogen and oxygen atoms in total. The molecule has 2 N–H and O–H groups in total. The molecule has 0 atom stereocenters. The lowest BCUT2D eigenvalue weighted by molar-refractivity contribution is 0.0950. The highest BCUT2D eigenvalue weighted by Crippen LogP contribution is 2.15. The van der Waals surface area contributed by atoms with Gasteiger partial charge in [0.2, 0.25) is 0 Å². The molecule has 0 unspecified atom stereocenters. The summed E-state index contributed by atoms with van der Waals surface area (Å²) in [6.07, 6.45) is 2.64. The second-order valence-corrected chi connectivity index (χ2v) is 3.62. The molecular weight excluding hydrogens is 249 g/mol. The Kier molecular flexibility index (Phi) is 3.82. The molecule has 2 rings (SSSR count). The van der Waals surface area contributed by atoms with Gasteiger partial charge in [0.05, 0.1) is 6.21 Å². The van der Waals surface area contributed by atoms with Crippen molar-refractivity contribution < 1.29 is 14.3 Å². The van der Waals surface area contributed by atoms with Gasteiger partial charge in [-0.05, 0) is 30.3 Å². The van der Waals surface area contributed by atoms with Crippen LogP contribution in [0.1, 0.15) is 16.1 Å². The van der Waals surface area contributed by atoms with Crippen LogP contribution in [0.4, 0.5) is 4.39 Å². The van der Waals surface area contributed by atoms with E-state index < -0.39 is 11.7 Å². The van der Waals surface area contributed by atoms with Gasteiger partial charge in [0, 0.05) is 11.8 Å². The average molecular weight is 259 g/mol. The molecular formula is C13H10FN3O2. The highest BCUT2D eigenvalue weighted by Gasteiger charge is 2.04. The zero-order valence-corrected chi connectivity index (χ0v) is 9.75. The number of nitrogens with one attached hydrogen (secondary N) is 1. The number of nitrogens with zero attached hydrogens (tertiary/aromatic N) is 2. The number of carbonyl (C=O) groups is 1. The quantitative estimate of drug-likeness (QED) is 0.650. The van der Waals surface area contributed by atoms with Crippen LogP contribution >= 0.6 is 0 Å². The lowest BCUT2D eigenvalue weighted by Crippen LogP contribution is -2.18. The van der Waals surface area contributed by atoms with E-state index in [0.717, 1.165) is 18.3 Å². The fourth-order valence-electron chi connectivity index (χ4n) is 1.34. The molecule has 1 heterocycles. The minimum atomic E-state index is -0.504. The number of benzene rings is 1. The van der Waals surface area contributed by atoms with Crippen molar-refractivity contribution in [2.24, 2.45) is 5.10 Å². The minimum Gasteiger partial charge on any atom is -0.507 e. The maximum absolute atomic E-state index is 12.9. The van der Waals surface area contributed by atoms with E-state index in [-0.39, 0.29) is 17.0 Å².